The molecule has 0 atom stereocenters. The lowest BCUT2D eigenvalue weighted by Crippen LogP contribution is -2.16. The summed E-state index contributed by atoms with van der Waals surface area (Å²) in [6, 6.07) is 8.15. The minimum Gasteiger partial charge on any atom is -0.487 e. The summed E-state index contributed by atoms with van der Waals surface area (Å²) >= 11 is 4.92. The molecule has 0 unspecified atom stereocenters. The monoisotopic (exact) mass is 341 g/mol. The largest absolute Gasteiger partial charge is 0.487 e. The van der Waals surface area contributed by atoms with Crippen LogP contribution in [-0.4, -0.2) is 18.0 Å². The van der Waals surface area contributed by atoms with Crippen LogP contribution in [0.15, 0.2) is 28.7 Å². The number of halogens is 1. The maximum atomic E-state index is 5.83. The highest BCUT2D eigenvalue weighted by Crippen LogP contribution is 2.38. The van der Waals surface area contributed by atoms with E-state index in [4.69, 9.17) is 10.5 Å². The van der Waals surface area contributed by atoms with Crippen molar-refractivity contribution in [2.24, 2.45) is 0 Å². The fraction of sp³-hybridized carbons (Fsp3) is 0.308. The Hall–Kier alpha value is -1.27. The second-order valence-electron chi connectivity index (χ2n) is 4.08. The van der Waals surface area contributed by atoms with Crippen molar-refractivity contribution in [2.75, 3.05) is 24.3 Å². The fourth-order valence-corrected chi connectivity index (χ4v) is 2.89. The van der Waals surface area contributed by atoms with Crippen LogP contribution < -0.4 is 15.4 Å². The van der Waals surface area contributed by atoms with E-state index in [1.165, 1.54) is 17.1 Å². The average Bonchev–Trinajstić information content (AvgIpc) is 2.75. The number of hydrogen-bond donors (Lipinski definition) is 1. The summed E-state index contributed by atoms with van der Waals surface area (Å²) < 4.78 is 10.8. The highest BCUT2D eigenvalue weighted by molar-refractivity contribution is 9.10. The van der Waals surface area contributed by atoms with Crippen LogP contribution >= 0.6 is 27.5 Å². The van der Waals surface area contributed by atoms with Crippen LogP contribution in [0.5, 0.6) is 5.75 Å². The molecule has 0 radical (unpaired) electrons. The number of nitrogens with zero attached hydrogens (tertiary/aromatic N) is 2. The Morgan fingerprint density at radius 2 is 2.16 bits per heavy atom. The topological polar surface area (TPSA) is 51.4 Å². The van der Waals surface area contributed by atoms with E-state index in [0.29, 0.717) is 18.2 Å². The number of nitrogen functional groups attached to an aromatic ring is 1. The summed E-state index contributed by atoms with van der Waals surface area (Å²) in [5, 5.41) is 0.954. The van der Waals surface area contributed by atoms with E-state index >= 15 is 0 Å². The van der Waals surface area contributed by atoms with Crippen molar-refractivity contribution in [1.29, 1.82) is 0 Å². The predicted molar refractivity (Wildman–Crippen MR) is 83.9 cm³/mol. The van der Waals surface area contributed by atoms with Gasteiger partial charge in [0, 0.05) is 18.1 Å². The van der Waals surface area contributed by atoms with E-state index in [1.54, 1.807) is 0 Å². The SMILES string of the molecule is CCOc1c(N)nsc1N(C)Cc1ccccc1Br. The second kappa shape index (κ2) is 6.25. The van der Waals surface area contributed by atoms with Gasteiger partial charge in [0.05, 0.1) is 6.61 Å². The molecule has 0 saturated heterocycles. The Labute approximate surface area is 125 Å². The first-order chi connectivity index (χ1) is 9.13. The van der Waals surface area contributed by atoms with Crippen LogP contribution in [-0.2, 0) is 6.54 Å². The zero-order valence-electron chi connectivity index (χ0n) is 10.9. The van der Waals surface area contributed by atoms with Crippen molar-refractivity contribution in [3.05, 3.63) is 34.3 Å². The van der Waals surface area contributed by atoms with E-state index in [-0.39, 0.29) is 0 Å². The predicted octanol–water partition coefficient (Wildman–Crippen LogP) is 3.52. The molecular weight excluding hydrogens is 326 g/mol. The summed E-state index contributed by atoms with van der Waals surface area (Å²) in [6.45, 7) is 3.29. The molecule has 1 aromatic carbocycles. The average molecular weight is 342 g/mol. The summed E-state index contributed by atoms with van der Waals surface area (Å²) in [4.78, 5) is 2.10. The molecule has 2 aromatic rings. The van der Waals surface area contributed by atoms with Gasteiger partial charge < -0.3 is 15.4 Å². The molecular formula is C13H16BrN3OS. The molecule has 0 spiro atoms. The molecule has 102 valence electrons. The molecule has 1 aromatic heterocycles. The Bertz CT molecular complexity index is 559. The normalized spacial score (nSPS) is 10.5. The van der Waals surface area contributed by atoms with Crippen molar-refractivity contribution in [3.63, 3.8) is 0 Å². The number of aromatic nitrogens is 1. The van der Waals surface area contributed by atoms with Gasteiger partial charge in [-0.05, 0) is 30.1 Å². The van der Waals surface area contributed by atoms with Crippen LogP contribution in [0.4, 0.5) is 10.8 Å². The van der Waals surface area contributed by atoms with Crippen molar-refractivity contribution in [1.82, 2.24) is 4.37 Å². The molecule has 19 heavy (non-hydrogen) atoms. The van der Waals surface area contributed by atoms with Gasteiger partial charge in [-0.25, -0.2) is 0 Å². The van der Waals surface area contributed by atoms with Gasteiger partial charge in [0.2, 0.25) is 0 Å². The van der Waals surface area contributed by atoms with E-state index in [2.05, 4.69) is 31.3 Å². The maximum Gasteiger partial charge on any atom is 0.197 e. The first kappa shape index (κ1) is 14.1. The number of hydrogen-bond acceptors (Lipinski definition) is 5. The number of rotatable bonds is 5. The van der Waals surface area contributed by atoms with Crippen LogP contribution in [0, 0.1) is 0 Å². The quantitative estimate of drug-likeness (QED) is 0.903. The Morgan fingerprint density at radius 3 is 2.84 bits per heavy atom. The summed E-state index contributed by atoms with van der Waals surface area (Å²) in [6.07, 6.45) is 0. The summed E-state index contributed by atoms with van der Waals surface area (Å²) in [5.74, 6) is 1.14. The highest BCUT2D eigenvalue weighted by Gasteiger charge is 2.17. The van der Waals surface area contributed by atoms with Gasteiger partial charge in [-0.2, -0.15) is 4.37 Å². The lowest BCUT2D eigenvalue weighted by molar-refractivity contribution is 0.343. The summed E-state index contributed by atoms with van der Waals surface area (Å²) in [5.41, 5.74) is 7.03. The Morgan fingerprint density at radius 1 is 1.42 bits per heavy atom. The van der Waals surface area contributed by atoms with Crippen LogP contribution in [0.2, 0.25) is 0 Å². The number of benzene rings is 1. The first-order valence-electron chi connectivity index (χ1n) is 5.96. The van der Waals surface area contributed by atoms with Crippen LogP contribution in [0.25, 0.3) is 0 Å². The molecule has 2 rings (SSSR count). The molecule has 0 bridgehead atoms. The molecule has 0 saturated carbocycles. The van der Waals surface area contributed by atoms with E-state index in [9.17, 15) is 0 Å². The highest BCUT2D eigenvalue weighted by atomic mass is 79.9. The van der Waals surface area contributed by atoms with Gasteiger partial charge in [0.15, 0.2) is 16.6 Å². The van der Waals surface area contributed by atoms with Crippen molar-refractivity contribution < 1.29 is 4.74 Å². The molecule has 0 amide bonds. The van der Waals surface area contributed by atoms with Crippen molar-refractivity contribution in [3.8, 4) is 5.75 Å². The minimum absolute atomic E-state index is 0.459. The van der Waals surface area contributed by atoms with Gasteiger partial charge in [-0.15, -0.1) is 0 Å². The maximum absolute atomic E-state index is 5.83. The molecule has 0 aliphatic heterocycles. The third-order valence-corrected chi connectivity index (χ3v) is 4.39. The molecule has 0 fully saturated rings. The first-order valence-corrected chi connectivity index (χ1v) is 7.52. The lowest BCUT2D eigenvalue weighted by atomic mass is 10.2. The van der Waals surface area contributed by atoms with E-state index < -0.39 is 0 Å². The number of ether oxygens (including phenoxy) is 1. The Balaban J connectivity index is 2.20. The molecule has 6 heteroatoms. The van der Waals surface area contributed by atoms with E-state index in [1.807, 2.05) is 32.2 Å². The minimum atomic E-state index is 0.459. The smallest absolute Gasteiger partial charge is 0.197 e. The Kier molecular flexibility index (Phi) is 4.66. The van der Waals surface area contributed by atoms with E-state index in [0.717, 1.165) is 16.0 Å². The summed E-state index contributed by atoms with van der Waals surface area (Å²) in [7, 11) is 2.01. The molecule has 0 aliphatic carbocycles. The molecule has 2 N–H and O–H groups in total. The number of anilines is 2. The molecule has 0 aliphatic rings. The third-order valence-electron chi connectivity index (χ3n) is 2.66. The zero-order chi connectivity index (χ0) is 13.8. The van der Waals surface area contributed by atoms with Gasteiger partial charge in [-0.1, -0.05) is 34.1 Å². The van der Waals surface area contributed by atoms with Crippen molar-refractivity contribution in [2.45, 2.75) is 13.5 Å². The fourth-order valence-electron chi connectivity index (χ4n) is 1.76. The molecule has 4 nitrogen and oxygen atoms in total. The lowest BCUT2D eigenvalue weighted by Gasteiger charge is -2.19. The van der Waals surface area contributed by atoms with Gasteiger partial charge in [0.1, 0.15) is 0 Å². The molecule has 1 heterocycles. The van der Waals surface area contributed by atoms with Crippen LogP contribution in [0.3, 0.4) is 0 Å². The second-order valence-corrected chi connectivity index (χ2v) is 5.69. The number of nitrogens with two attached hydrogens (primary N) is 1. The third kappa shape index (κ3) is 3.19. The standard InChI is InChI=1S/C13H16BrN3OS/c1-3-18-11-12(15)16-19-13(11)17(2)8-9-6-4-5-7-10(9)14/h4-7H,3,8H2,1-2H3,(H2,15,16). The zero-order valence-corrected chi connectivity index (χ0v) is 13.3. The van der Waals surface area contributed by atoms with Gasteiger partial charge in [0.25, 0.3) is 0 Å². The van der Waals surface area contributed by atoms with Gasteiger partial charge in [-0.3, -0.25) is 0 Å². The van der Waals surface area contributed by atoms with Crippen LogP contribution in [0.1, 0.15) is 12.5 Å². The van der Waals surface area contributed by atoms with Gasteiger partial charge >= 0.3 is 0 Å². The van der Waals surface area contributed by atoms with Crippen molar-refractivity contribution >= 4 is 38.3 Å².